The summed E-state index contributed by atoms with van der Waals surface area (Å²) in [5.41, 5.74) is -0.223. The van der Waals surface area contributed by atoms with Gasteiger partial charge in [0.15, 0.2) is 5.69 Å². The number of hydrogen-bond donors (Lipinski definition) is 2. The second-order valence-corrected chi connectivity index (χ2v) is 5.63. The molecule has 0 unspecified atom stereocenters. The number of carboxylic acids is 1. The molecular weight excluding hydrogens is 294 g/mol. The van der Waals surface area contributed by atoms with E-state index in [-0.39, 0.29) is 24.8 Å². The van der Waals surface area contributed by atoms with Crippen molar-refractivity contribution < 1.29 is 27.9 Å². The highest BCUT2D eigenvalue weighted by Crippen LogP contribution is 2.22. The van der Waals surface area contributed by atoms with Crippen molar-refractivity contribution >= 4 is 22.3 Å². The molecule has 110 valence electrons. The van der Waals surface area contributed by atoms with Crippen LogP contribution in [0.2, 0.25) is 0 Å². The van der Waals surface area contributed by atoms with Gasteiger partial charge >= 0.3 is 22.3 Å². The Kier molecular flexibility index (Phi) is 3.59. The lowest BCUT2D eigenvalue weighted by Crippen LogP contribution is -2.55. The minimum absolute atomic E-state index is 0.0503. The molecule has 20 heavy (non-hydrogen) atoms. The van der Waals surface area contributed by atoms with Crippen LogP contribution in [0.4, 0.5) is 4.79 Å². The molecule has 1 aliphatic rings. The maximum atomic E-state index is 11.6. The Morgan fingerprint density at radius 1 is 1.50 bits per heavy atom. The molecule has 1 aliphatic heterocycles. The number of rotatable bonds is 4. The highest BCUT2D eigenvalue weighted by atomic mass is 32.2. The molecule has 1 fully saturated rings. The first-order valence-corrected chi connectivity index (χ1v) is 6.78. The number of methoxy groups -OCH3 is 1. The normalized spacial score (nSPS) is 16.4. The number of aromatic nitrogens is 3. The summed E-state index contributed by atoms with van der Waals surface area (Å²) in [6, 6.07) is -0.329. The van der Waals surface area contributed by atoms with Crippen LogP contribution < -0.4 is 4.72 Å². The van der Waals surface area contributed by atoms with E-state index in [1.54, 1.807) is 4.72 Å². The molecular formula is C8H11N5O6S. The number of nitrogens with zero attached hydrogens (tertiary/aromatic N) is 4. The molecule has 0 aliphatic carbocycles. The van der Waals surface area contributed by atoms with E-state index < -0.39 is 22.3 Å². The number of hydrogen-bond acceptors (Lipinski definition) is 7. The second kappa shape index (κ2) is 5.05. The fourth-order valence-electron chi connectivity index (χ4n) is 1.54. The second-order valence-electron chi connectivity index (χ2n) is 3.96. The summed E-state index contributed by atoms with van der Waals surface area (Å²) < 4.78 is 31.5. The maximum absolute atomic E-state index is 11.6. The predicted octanol–water partition coefficient (Wildman–Crippen LogP) is -1.57. The molecule has 2 N–H and O–H groups in total. The van der Waals surface area contributed by atoms with Crippen LogP contribution in [-0.2, 0) is 14.9 Å². The molecule has 11 nitrogen and oxygen atoms in total. The third-order valence-electron chi connectivity index (χ3n) is 2.67. The van der Waals surface area contributed by atoms with E-state index in [0.717, 1.165) is 11.4 Å². The summed E-state index contributed by atoms with van der Waals surface area (Å²) in [6.07, 6.45) is 0.132. The number of amides is 1. The first-order chi connectivity index (χ1) is 9.33. The van der Waals surface area contributed by atoms with Crippen molar-refractivity contribution in [2.45, 2.75) is 6.04 Å². The minimum Gasteiger partial charge on any atom is -0.476 e. The lowest BCUT2D eigenvalue weighted by atomic mass is 10.2. The largest absolute Gasteiger partial charge is 0.476 e. The molecule has 2 heterocycles. The van der Waals surface area contributed by atoms with Gasteiger partial charge in [-0.15, -0.1) is 5.10 Å². The van der Waals surface area contributed by atoms with Gasteiger partial charge < -0.3 is 9.84 Å². The number of nitrogens with one attached hydrogen (secondary N) is 1. The average molecular weight is 305 g/mol. The predicted molar refractivity (Wildman–Crippen MR) is 62.1 cm³/mol. The van der Waals surface area contributed by atoms with Gasteiger partial charge in [0.25, 0.3) is 0 Å². The molecule has 2 rings (SSSR count). The standard InChI is InChI=1S/C8H11N5O6S/c1-19-8(16)10-20(17,18)12-2-5(3-12)13-4-6(7(14)15)9-11-13/h4-5H,2-3H2,1H3,(H,10,16)(H,14,15). The number of carbonyl (C=O) groups is 2. The third-order valence-corrected chi connectivity index (χ3v) is 4.07. The Labute approximate surface area is 113 Å². The van der Waals surface area contributed by atoms with Gasteiger partial charge in [-0.05, 0) is 0 Å². The molecule has 12 heteroatoms. The third kappa shape index (κ3) is 2.70. The van der Waals surface area contributed by atoms with Crippen molar-refractivity contribution in [2.24, 2.45) is 0 Å². The summed E-state index contributed by atoms with van der Waals surface area (Å²) in [5.74, 6) is -1.22. The van der Waals surface area contributed by atoms with Gasteiger partial charge in [-0.3, -0.25) is 0 Å². The van der Waals surface area contributed by atoms with Gasteiger partial charge in [0.05, 0.1) is 19.3 Å². The summed E-state index contributed by atoms with van der Waals surface area (Å²) >= 11 is 0. The van der Waals surface area contributed by atoms with Crippen LogP contribution in [0, 0.1) is 0 Å². The van der Waals surface area contributed by atoms with Crippen molar-refractivity contribution in [1.82, 2.24) is 24.0 Å². The van der Waals surface area contributed by atoms with Gasteiger partial charge in [0.2, 0.25) is 0 Å². The topological polar surface area (TPSA) is 144 Å². The molecule has 1 amide bonds. The van der Waals surface area contributed by atoms with Crippen LogP contribution in [0.25, 0.3) is 0 Å². The molecule has 0 radical (unpaired) electrons. The summed E-state index contributed by atoms with van der Waals surface area (Å²) in [4.78, 5) is 21.5. The van der Waals surface area contributed by atoms with E-state index in [2.05, 4.69) is 15.0 Å². The van der Waals surface area contributed by atoms with Gasteiger partial charge in [-0.25, -0.2) is 19.0 Å². The Balaban J connectivity index is 1.96. The zero-order valence-electron chi connectivity index (χ0n) is 10.3. The zero-order chi connectivity index (χ0) is 14.9. The van der Waals surface area contributed by atoms with E-state index in [9.17, 15) is 18.0 Å². The quantitative estimate of drug-likeness (QED) is 0.679. The fourth-order valence-corrected chi connectivity index (χ4v) is 2.70. The van der Waals surface area contributed by atoms with Crippen LogP contribution in [0.1, 0.15) is 16.5 Å². The zero-order valence-corrected chi connectivity index (χ0v) is 11.1. The van der Waals surface area contributed by atoms with Crippen molar-refractivity contribution in [3.8, 4) is 0 Å². The minimum atomic E-state index is -3.95. The van der Waals surface area contributed by atoms with Crippen molar-refractivity contribution in [3.63, 3.8) is 0 Å². The first-order valence-electron chi connectivity index (χ1n) is 5.34. The van der Waals surface area contributed by atoms with E-state index in [0.29, 0.717) is 0 Å². The number of carbonyl (C=O) groups excluding carboxylic acids is 1. The van der Waals surface area contributed by atoms with Crippen LogP contribution in [-0.4, -0.2) is 65.1 Å². The van der Waals surface area contributed by atoms with E-state index in [4.69, 9.17) is 5.11 Å². The van der Waals surface area contributed by atoms with Crippen LogP contribution in [0.15, 0.2) is 6.20 Å². The lowest BCUT2D eigenvalue weighted by Gasteiger charge is -2.36. The smallest absolute Gasteiger partial charge is 0.421 e. The van der Waals surface area contributed by atoms with Gasteiger partial charge in [0.1, 0.15) is 0 Å². The van der Waals surface area contributed by atoms with Gasteiger partial charge in [-0.1, -0.05) is 5.21 Å². The first kappa shape index (κ1) is 14.2. The molecule has 1 aromatic heterocycles. The molecule has 0 aromatic carbocycles. The van der Waals surface area contributed by atoms with E-state index in [1.807, 2.05) is 0 Å². The SMILES string of the molecule is COC(=O)NS(=O)(=O)N1CC(n2cc(C(=O)O)nn2)C1. The van der Waals surface area contributed by atoms with Crippen molar-refractivity contribution in [2.75, 3.05) is 20.2 Å². The summed E-state index contributed by atoms with van der Waals surface area (Å²) in [5, 5.41) is 15.7. The van der Waals surface area contributed by atoms with E-state index >= 15 is 0 Å². The van der Waals surface area contributed by atoms with Gasteiger partial charge in [-0.2, -0.15) is 12.7 Å². The Morgan fingerprint density at radius 3 is 2.65 bits per heavy atom. The summed E-state index contributed by atoms with van der Waals surface area (Å²) in [7, 11) is -2.91. The Bertz CT molecular complexity index is 634. The number of ether oxygens (including phenoxy) is 1. The number of aromatic carboxylic acids is 1. The molecule has 0 bridgehead atoms. The monoisotopic (exact) mass is 305 g/mol. The highest BCUT2D eigenvalue weighted by molar-refractivity contribution is 7.87. The molecule has 0 spiro atoms. The number of carboxylic acid groups (broad SMARTS) is 1. The van der Waals surface area contributed by atoms with Crippen molar-refractivity contribution in [1.29, 1.82) is 0 Å². The van der Waals surface area contributed by atoms with Crippen LogP contribution in [0.3, 0.4) is 0 Å². The van der Waals surface area contributed by atoms with Crippen molar-refractivity contribution in [3.05, 3.63) is 11.9 Å². The average Bonchev–Trinajstić information content (AvgIpc) is 2.75. The fraction of sp³-hybridized carbons (Fsp3) is 0.500. The molecule has 0 saturated carbocycles. The van der Waals surface area contributed by atoms with Crippen LogP contribution >= 0.6 is 0 Å². The lowest BCUT2D eigenvalue weighted by molar-refractivity contribution is 0.0690. The Morgan fingerprint density at radius 2 is 2.15 bits per heavy atom. The maximum Gasteiger partial charge on any atom is 0.421 e. The van der Waals surface area contributed by atoms with Crippen LogP contribution in [0.5, 0.6) is 0 Å². The molecule has 1 aromatic rings. The molecule has 1 saturated heterocycles. The molecule has 0 atom stereocenters. The van der Waals surface area contributed by atoms with Gasteiger partial charge in [0, 0.05) is 13.1 Å². The van der Waals surface area contributed by atoms with E-state index in [1.165, 1.54) is 10.9 Å². The Hall–Kier alpha value is -2.21. The summed E-state index contributed by atoms with van der Waals surface area (Å²) in [6.45, 7) is 0.101. The highest BCUT2D eigenvalue weighted by Gasteiger charge is 2.38.